The van der Waals surface area contributed by atoms with Gasteiger partial charge >= 0.3 is 0 Å². The minimum Gasteiger partial charge on any atom is -0.388 e. The number of hydrogen-bond acceptors (Lipinski definition) is 3. The van der Waals surface area contributed by atoms with Crippen molar-refractivity contribution < 1.29 is 9.90 Å². The van der Waals surface area contributed by atoms with Gasteiger partial charge < -0.3 is 10.0 Å². The topological polar surface area (TPSA) is 43.8 Å². The standard InChI is InChI=1S/C19H30N2O2/c1-14(2)17(20(3)4)19(23)21-12-10-16(11-13-21)18(22)15-8-6-5-7-9-15/h5-9,14,16-18,22H,10-13H2,1-4H3. The van der Waals surface area contributed by atoms with E-state index in [9.17, 15) is 9.90 Å². The summed E-state index contributed by atoms with van der Waals surface area (Å²) in [4.78, 5) is 16.7. The zero-order chi connectivity index (χ0) is 17.0. The van der Waals surface area contributed by atoms with Crippen LogP contribution in [0, 0.1) is 11.8 Å². The summed E-state index contributed by atoms with van der Waals surface area (Å²) in [6, 6.07) is 9.77. The summed E-state index contributed by atoms with van der Waals surface area (Å²) in [5, 5.41) is 10.5. The van der Waals surface area contributed by atoms with Crippen molar-refractivity contribution in [3.63, 3.8) is 0 Å². The molecular weight excluding hydrogens is 288 g/mol. The maximum atomic E-state index is 12.7. The van der Waals surface area contributed by atoms with Gasteiger partial charge in [0.25, 0.3) is 0 Å². The first-order valence-electron chi connectivity index (χ1n) is 8.60. The molecule has 1 aliphatic heterocycles. The number of amides is 1. The third-order valence-corrected chi connectivity index (χ3v) is 4.88. The van der Waals surface area contributed by atoms with E-state index in [4.69, 9.17) is 0 Å². The fourth-order valence-electron chi connectivity index (χ4n) is 3.65. The van der Waals surface area contributed by atoms with Crippen LogP contribution in [0.2, 0.25) is 0 Å². The summed E-state index contributed by atoms with van der Waals surface area (Å²) in [5.41, 5.74) is 0.977. The van der Waals surface area contributed by atoms with Crippen molar-refractivity contribution in [3.05, 3.63) is 35.9 Å². The molecule has 0 aliphatic carbocycles. The van der Waals surface area contributed by atoms with Gasteiger partial charge in [0.15, 0.2) is 0 Å². The Labute approximate surface area is 140 Å². The van der Waals surface area contributed by atoms with Crippen molar-refractivity contribution in [2.24, 2.45) is 11.8 Å². The molecule has 0 radical (unpaired) electrons. The van der Waals surface area contributed by atoms with Crippen LogP contribution in [0.15, 0.2) is 30.3 Å². The minimum atomic E-state index is -0.428. The highest BCUT2D eigenvalue weighted by Gasteiger charge is 2.33. The quantitative estimate of drug-likeness (QED) is 0.907. The number of benzene rings is 1. The maximum absolute atomic E-state index is 12.7. The molecule has 1 aromatic rings. The highest BCUT2D eigenvalue weighted by atomic mass is 16.3. The Bertz CT molecular complexity index is 485. The van der Waals surface area contributed by atoms with Gasteiger partial charge in [-0.1, -0.05) is 44.2 Å². The van der Waals surface area contributed by atoms with Crippen molar-refractivity contribution >= 4 is 5.91 Å². The van der Waals surface area contributed by atoms with Gasteiger partial charge in [0.05, 0.1) is 12.1 Å². The number of aliphatic hydroxyl groups excluding tert-OH is 1. The molecule has 0 saturated carbocycles. The summed E-state index contributed by atoms with van der Waals surface area (Å²) in [6.45, 7) is 5.66. The number of rotatable bonds is 5. The molecule has 1 fully saturated rings. The van der Waals surface area contributed by atoms with Gasteiger partial charge in [-0.25, -0.2) is 0 Å². The number of hydrogen-bond donors (Lipinski definition) is 1. The predicted molar refractivity (Wildman–Crippen MR) is 93.0 cm³/mol. The smallest absolute Gasteiger partial charge is 0.240 e. The number of carbonyl (C=O) groups is 1. The lowest BCUT2D eigenvalue weighted by atomic mass is 9.87. The molecule has 0 bridgehead atoms. The molecule has 2 atom stereocenters. The molecule has 0 aromatic heterocycles. The summed E-state index contributed by atoms with van der Waals surface area (Å²) >= 11 is 0. The molecule has 1 saturated heterocycles. The largest absolute Gasteiger partial charge is 0.388 e. The number of likely N-dealkylation sites (N-methyl/N-ethyl adjacent to an activating group) is 1. The SMILES string of the molecule is CC(C)C(C(=O)N1CCC(C(O)c2ccccc2)CC1)N(C)C. The first-order chi connectivity index (χ1) is 10.9. The normalized spacial score (nSPS) is 19.2. The molecule has 128 valence electrons. The van der Waals surface area contributed by atoms with E-state index in [1.807, 2.05) is 54.2 Å². The van der Waals surface area contributed by atoms with Crippen LogP contribution in [-0.4, -0.2) is 54.0 Å². The van der Waals surface area contributed by atoms with Crippen LogP contribution < -0.4 is 0 Å². The van der Waals surface area contributed by atoms with Crippen LogP contribution in [0.4, 0.5) is 0 Å². The molecule has 0 spiro atoms. The van der Waals surface area contributed by atoms with E-state index < -0.39 is 6.10 Å². The Morgan fingerprint density at radius 2 is 1.74 bits per heavy atom. The lowest BCUT2D eigenvalue weighted by Gasteiger charge is -2.38. The molecule has 23 heavy (non-hydrogen) atoms. The first-order valence-corrected chi connectivity index (χ1v) is 8.60. The highest BCUT2D eigenvalue weighted by molar-refractivity contribution is 5.82. The molecule has 1 N–H and O–H groups in total. The van der Waals surface area contributed by atoms with Gasteiger partial charge in [-0.2, -0.15) is 0 Å². The highest BCUT2D eigenvalue weighted by Crippen LogP contribution is 2.31. The van der Waals surface area contributed by atoms with E-state index in [-0.39, 0.29) is 17.9 Å². The molecule has 1 aromatic carbocycles. The number of aliphatic hydroxyl groups is 1. The number of nitrogens with zero attached hydrogens (tertiary/aromatic N) is 2. The fourth-order valence-corrected chi connectivity index (χ4v) is 3.65. The number of piperidine rings is 1. The minimum absolute atomic E-state index is 0.0643. The summed E-state index contributed by atoms with van der Waals surface area (Å²) in [6.07, 6.45) is 1.29. The van der Waals surface area contributed by atoms with Crippen LogP contribution in [-0.2, 0) is 4.79 Å². The van der Waals surface area contributed by atoms with Crippen LogP contribution >= 0.6 is 0 Å². The number of likely N-dealkylation sites (tertiary alicyclic amines) is 1. The monoisotopic (exact) mass is 318 g/mol. The Kier molecular flexibility index (Phi) is 6.19. The zero-order valence-corrected chi connectivity index (χ0v) is 14.8. The van der Waals surface area contributed by atoms with E-state index in [0.717, 1.165) is 31.5 Å². The van der Waals surface area contributed by atoms with E-state index in [1.165, 1.54) is 0 Å². The number of carbonyl (C=O) groups excluding carboxylic acids is 1. The summed E-state index contributed by atoms with van der Waals surface area (Å²) < 4.78 is 0. The average Bonchev–Trinajstić information content (AvgIpc) is 2.54. The Morgan fingerprint density at radius 3 is 2.22 bits per heavy atom. The Hall–Kier alpha value is -1.39. The maximum Gasteiger partial charge on any atom is 0.240 e. The van der Waals surface area contributed by atoms with Crippen LogP contribution in [0.5, 0.6) is 0 Å². The van der Waals surface area contributed by atoms with Gasteiger partial charge in [-0.15, -0.1) is 0 Å². The van der Waals surface area contributed by atoms with Crippen LogP contribution in [0.1, 0.15) is 38.4 Å². The Morgan fingerprint density at radius 1 is 1.17 bits per heavy atom. The molecule has 2 unspecified atom stereocenters. The molecule has 4 nitrogen and oxygen atoms in total. The van der Waals surface area contributed by atoms with E-state index in [0.29, 0.717) is 5.92 Å². The summed E-state index contributed by atoms with van der Waals surface area (Å²) in [7, 11) is 3.93. The second-order valence-corrected chi connectivity index (χ2v) is 7.17. The zero-order valence-electron chi connectivity index (χ0n) is 14.8. The van der Waals surface area contributed by atoms with E-state index >= 15 is 0 Å². The van der Waals surface area contributed by atoms with Crippen LogP contribution in [0.25, 0.3) is 0 Å². The third-order valence-electron chi connectivity index (χ3n) is 4.88. The van der Waals surface area contributed by atoms with Crippen LogP contribution in [0.3, 0.4) is 0 Å². The summed E-state index contributed by atoms with van der Waals surface area (Å²) in [5.74, 6) is 0.751. The Balaban J connectivity index is 1.94. The predicted octanol–water partition coefficient (Wildman–Crippen LogP) is 2.54. The molecule has 4 heteroatoms. The van der Waals surface area contributed by atoms with Crippen molar-refractivity contribution in [3.8, 4) is 0 Å². The fraction of sp³-hybridized carbons (Fsp3) is 0.632. The lowest BCUT2D eigenvalue weighted by molar-refractivity contribution is -0.139. The van der Waals surface area contributed by atoms with Crippen molar-refractivity contribution in [1.29, 1.82) is 0 Å². The molecule has 1 aliphatic rings. The average molecular weight is 318 g/mol. The van der Waals surface area contributed by atoms with Gasteiger partial charge in [0.2, 0.25) is 5.91 Å². The van der Waals surface area contributed by atoms with Gasteiger partial charge in [0.1, 0.15) is 0 Å². The first kappa shape index (κ1) is 18.0. The van der Waals surface area contributed by atoms with E-state index in [1.54, 1.807) is 0 Å². The van der Waals surface area contributed by atoms with Crippen molar-refractivity contribution in [2.75, 3.05) is 27.2 Å². The second kappa shape index (κ2) is 7.93. The van der Waals surface area contributed by atoms with Gasteiger partial charge in [-0.3, -0.25) is 9.69 Å². The molecule has 1 heterocycles. The van der Waals surface area contributed by atoms with Gasteiger partial charge in [0, 0.05) is 13.1 Å². The second-order valence-electron chi connectivity index (χ2n) is 7.17. The van der Waals surface area contributed by atoms with Crippen molar-refractivity contribution in [2.45, 2.75) is 38.8 Å². The lowest BCUT2D eigenvalue weighted by Crippen LogP contribution is -2.51. The van der Waals surface area contributed by atoms with E-state index in [2.05, 4.69) is 13.8 Å². The van der Waals surface area contributed by atoms with Gasteiger partial charge in [-0.05, 0) is 44.3 Å². The third kappa shape index (κ3) is 4.33. The molecular formula is C19H30N2O2. The molecule has 1 amide bonds. The van der Waals surface area contributed by atoms with Crippen molar-refractivity contribution in [1.82, 2.24) is 9.80 Å². The molecule has 2 rings (SSSR count).